The number of amides is 1. The van der Waals surface area contributed by atoms with Crippen molar-refractivity contribution in [3.63, 3.8) is 0 Å². The van der Waals surface area contributed by atoms with Crippen LogP contribution in [0.5, 0.6) is 5.88 Å². The molecule has 0 unspecified atom stereocenters. The van der Waals surface area contributed by atoms with E-state index >= 15 is 0 Å². The first-order chi connectivity index (χ1) is 15.6. The molecule has 3 aromatic heterocycles. The minimum Gasteiger partial charge on any atom is -0.475 e. The van der Waals surface area contributed by atoms with Gasteiger partial charge in [-0.3, -0.25) is 0 Å². The standard InChI is InChI=1S/C21H25N7O4/c1-22-15-9-17-24-12-7-13(25-18(8-12)31-6-5-30-2)10-32-16-4-3-14(16)26-21(29)28-11-23-19(15)20(28)27-17/h7-9,11,14,16H,3-6,10H2,1-2H3,(H,26,29)(H2,22,24,27)/t14-,16-/m1/s1. The van der Waals surface area contributed by atoms with Crippen LogP contribution in [0.1, 0.15) is 18.5 Å². The molecule has 1 fully saturated rings. The summed E-state index contributed by atoms with van der Waals surface area (Å²) in [6.07, 6.45) is 3.13. The Balaban J connectivity index is 1.57. The van der Waals surface area contributed by atoms with E-state index in [4.69, 9.17) is 14.2 Å². The molecule has 4 heterocycles. The summed E-state index contributed by atoms with van der Waals surface area (Å²) in [7, 11) is 3.43. The largest absolute Gasteiger partial charge is 0.475 e. The maximum atomic E-state index is 12.9. The Hall–Kier alpha value is -3.44. The molecule has 0 aromatic carbocycles. The zero-order valence-corrected chi connectivity index (χ0v) is 17.9. The third-order valence-electron chi connectivity index (χ3n) is 5.62. The van der Waals surface area contributed by atoms with Gasteiger partial charge in [0.15, 0.2) is 5.65 Å². The van der Waals surface area contributed by atoms with E-state index in [0.29, 0.717) is 42.7 Å². The van der Waals surface area contributed by atoms with Crippen molar-refractivity contribution < 1.29 is 19.0 Å². The number of nitrogens with zero attached hydrogens (tertiary/aromatic N) is 4. The molecule has 11 nitrogen and oxygen atoms in total. The number of carbonyl (C=O) groups excluding carboxylic acids is 1. The zero-order chi connectivity index (χ0) is 22.1. The van der Waals surface area contributed by atoms with Crippen molar-refractivity contribution in [1.82, 2.24) is 24.8 Å². The van der Waals surface area contributed by atoms with Gasteiger partial charge >= 0.3 is 6.03 Å². The molecule has 0 radical (unpaired) electrons. The van der Waals surface area contributed by atoms with E-state index in [1.165, 1.54) is 10.9 Å². The maximum Gasteiger partial charge on any atom is 0.328 e. The molecule has 32 heavy (non-hydrogen) atoms. The number of pyridine rings is 2. The number of carbonyl (C=O) groups is 1. The summed E-state index contributed by atoms with van der Waals surface area (Å²) in [6.45, 7) is 1.15. The van der Waals surface area contributed by atoms with Crippen LogP contribution in [0.15, 0.2) is 24.5 Å². The van der Waals surface area contributed by atoms with Crippen LogP contribution in [0.25, 0.3) is 11.2 Å². The highest BCUT2D eigenvalue weighted by Crippen LogP contribution is 2.29. The highest BCUT2D eigenvalue weighted by atomic mass is 16.5. The van der Waals surface area contributed by atoms with Gasteiger partial charge in [-0.2, -0.15) is 0 Å². The van der Waals surface area contributed by atoms with Crippen molar-refractivity contribution >= 4 is 34.4 Å². The third-order valence-corrected chi connectivity index (χ3v) is 5.62. The molecule has 2 atom stereocenters. The third kappa shape index (κ3) is 3.92. The van der Waals surface area contributed by atoms with E-state index in [-0.39, 0.29) is 18.2 Å². The van der Waals surface area contributed by atoms with Crippen LogP contribution >= 0.6 is 0 Å². The molecule has 3 aromatic rings. The predicted octanol–water partition coefficient (Wildman–Crippen LogP) is 2.26. The van der Waals surface area contributed by atoms with Crippen LogP contribution in [-0.2, 0) is 16.1 Å². The second-order valence-corrected chi connectivity index (χ2v) is 7.73. The van der Waals surface area contributed by atoms with Gasteiger partial charge in [-0.05, 0) is 18.9 Å². The Kier molecular flexibility index (Phi) is 5.50. The van der Waals surface area contributed by atoms with Crippen LogP contribution < -0.4 is 20.7 Å². The highest BCUT2D eigenvalue weighted by Gasteiger charge is 2.34. The first-order valence-corrected chi connectivity index (χ1v) is 10.5. The lowest BCUT2D eigenvalue weighted by Crippen LogP contribution is -2.52. The fourth-order valence-electron chi connectivity index (χ4n) is 3.81. The number of rotatable bonds is 5. The Morgan fingerprint density at radius 3 is 2.94 bits per heavy atom. The number of anilines is 3. The number of methoxy groups -OCH3 is 1. The minimum atomic E-state index is -0.278. The predicted molar refractivity (Wildman–Crippen MR) is 117 cm³/mol. The van der Waals surface area contributed by atoms with E-state index in [0.717, 1.165) is 29.9 Å². The molecule has 11 heteroatoms. The van der Waals surface area contributed by atoms with Crippen LogP contribution in [-0.4, -0.2) is 65.1 Å². The number of fused-ring (bicyclic) bond motifs is 4. The molecule has 1 aliphatic heterocycles. The van der Waals surface area contributed by atoms with Crippen molar-refractivity contribution in [3.05, 3.63) is 30.2 Å². The summed E-state index contributed by atoms with van der Waals surface area (Å²) in [5.41, 5.74) is 3.29. The number of hydrogen-bond acceptors (Lipinski definition) is 9. The van der Waals surface area contributed by atoms with E-state index in [9.17, 15) is 4.79 Å². The van der Waals surface area contributed by atoms with Gasteiger partial charge in [0.25, 0.3) is 0 Å². The van der Waals surface area contributed by atoms with Gasteiger partial charge in [0.2, 0.25) is 5.88 Å². The van der Waals surface area contributed by atoms with Gasteiger partial charge in [-0.25, -0.2) is 24.3 Å². The Labute approximate surface area is 184 Å². The molecule has 0 spiro atoms. The first kappa shape index (κ1) is 20.5. The van der Waals surface area contributed by atoms with Gasteiger partial charge in [0, 0.05) is 32.0 Å². The zero-order valence-electron chi connectivity index (χ0n) is 17.9. The van der Waals surface area contributed by atoms with Crippen molar-refractivity contribution in [2.75, 3.05) is 38.0 Å². The van der Waals surface area contributed by atoms with E-state index < -0.39 is 0 Å². The van der Waals surface area contributed by atoms with E-state index in [2.05, 4.69) is 30.9 Å². The average Bonchev–Trinajstić information content (AvgIpc) is 3.20. The molecule has 3 N–H and O–H groups in total. The summed E-state index contributed by atoms with van der Waals surface area (Å²) in [5, 5.41) is 9.46. The summed E-state index contributed by atoms with van der Waals surface area (Å²) in [6, 6.07) is 5.19. The molecule has 168 valence electrons. The van der Waals surface area contributed by atoms with Crippen molar-refractivity contribution in [2.24, 2.45) is 0 Å². The fraction of sp³-hybridized carbons (Fsp3) is 0.429. The van der Waals surface area contributed by atoms with Gasteiger partial charge in [-0.1, -0.05) is 0 Å². The number of ether oxygens (including phenoxy) is 3. The molecule has 2 aliphatic rings. The maximum absolute atomic E-state index is 12.9. The lowest BCUT2D eigenvalue weighted by Gasteiger charge is -2.36. The van der Waals surface area contributed by atoms with Crippen molar-refractivity contribution in [3.8, 4) is 5.88 Å². The van der Waals surface area contributed by atoms with Gasteiger partial charge in [0.1, 0.15) is 24.3 Å². The minimum absolute atomic E-state index is 0.0754. The second kappa shape index (κ2) is 8.60. The van der Waals surface area contributed by atoms with Gasteiger partial charge < -0.3 is 30.2 Å². The van der Waals surface area contributed by atoms with E-state index in [1.807, 2.05) is 12.1 Å². The number of imidazole rings is 1. The molecule has 0 saturated heterocycles. The van der Waals surface area contributed by atoms with Crippen LogP contribution in [0.2, 0.25) is 0 Å². The normalized spacial score (nSPS) is 20.0. The topological polar surface area (TPSA) is 124 Å². The molecule has 1 amide bonds. The molecular weight excluding hydrogens is 414 g/mol. The lowest BCUT2D eigenvalue weighted by atomic mass is 9.89. The quantitative estimate of drug-likeness (QED) is 0.513. The molecular formula is C21H25N7O4. The summed E-state index contributed by atoms with van der Waals surface area (Å²) < 4.78 is 18.3. The smallest absolute Gasteiger partial charge is 0.328 e. The Bertz CT molecular complexity index is 1150. The van der Waals surface area contributed by atoms with Crippen LogP contribution in [0, 0.1) is 0 Å². The van der Waals surface area contributed by atoms with Crippen LogP contribution in [0.3, 0.4) is 0 Å². The van der Waals surface area contributed by atoms with Crippen LogP contribution in [0.4, 0.5) is 22.0 Å². The van der Waals surface area contributed by atoms with Gasteiger partial charge in [-0.15, -0.1) is 0 Å². The van der Waals surface area contributed by atoms with Gasteiger partial charge in [0.05, 0.1) is 36.7 Å². The molecule has 5 rings (SSSR count). The first-order valence-electron chi connectivity index (χ1n) is 10.5. The molecule has 1 aliphatic carbocycles. The SMILES string of the molecule is CNc1cc2nc3c1ncn3C(=O)N[C@@H]1CC[C@H]1OCc1cc(cc(OCCOC)n1)N2. The second-order valence-electron chi connectivity index (χ2n) is 7.73. The average molecular weight is 439 g/mol. The number of aromatic nitrogens is 4. The highest BCUT2D eigenvalue weighted by molar-refractivity contribution is 5.94. The van der Waals surface area contributed by atoms with Crippen molar-refractivity contribution in [1.29, 1.82) is 0 Å². The summed E-state index contributed by atoms with van der Waals surface area (Å²) >= 11 is 0. The Morgan fingerprint density at radius 1 is 1.25 bits per heavy atom. The fourth-order valence-corrected chi connectivity index (χ4v) is 3.81. The lowest BCUT2D eigenvalue weighted by molar-refractivity contribution is -0.0336. The van der Waals surface area contributed by atoms with Crippen molar-refractivity contribution in [2.45, 2.75) is 31.6 Å². The number of hydrogen-bond donors (Lipinski definition) is 3. The number of nitrogens with one attached hydrogen (secondary N) is 3. The van der Waals surface area contributed by atoms with E-state index in [1.54, 1.807) is 20.2 Å². The monoisotopic (exact) mass is 439 g/mol. The molecule has 4 bridgehead atoms. The molecule has 1 saturated carbocycles. The summed E-state index contributed by atoms with van der Waals surface area (Å²) in [5.74, 6) is 1.02. The summed E-state index contributed by atoms with van der Waals surface area (Å²) in [4.78, 5) is 26.5. The Morgan fingerprint density at radius 2 is 2.16 bits per heavy atom.